The molecule has 0 bridgehead atoms. The van der Waals surface area contributed by atoms with E-state index in [1.165, 1.54) is 32.1 Å². The van der Waals surface area contributed by atoms with Crippen molar-refractivity contribution in [2.75, 3.05) is 0 Å². The minimum atomic E-state index is -3.52. The minimum Gasteiger partial charge on any atom is -0.432 e. The van der Waals surface area contributed by atoms with Gasteiger partial charge in [0, 0.05) is 12.1 Å². The summed E-state index contributed by atoms with van der Waals surface area (Å²) in [5, 5.41) is 0. The van der Waals surface area contributed by atoms with Crippen molar-refractivity contribution in [3.05, 3.63) is 29.6 Å². The highest BCUT2D eigenvalue weighted by Gasteiger charge is 2.44. The van der Waals surface area contributed by atoms with E-state index in [2.05, 4.69) is 4.74 Å². The average Bonchev–Trinajstić information content (AvgIpc) is 2.60. The molecule has 2 saturated carbocycles. The van der Waals surface area contributed by atoms with Gasteiger partial charge in [0.1, 0.15) is 5.75 Å². The fourth-order valence-corrected chi connectivity index (χ4v) is 4.46. The van der Waals surface area contributed by atoms with Crippen molar-refractivity contribution < 1.29 is 26.7 Å². The van der Waals surface area contributed by atoms with Crippen LogP contribution in [0.25, 0.3) is 0 Å². The Hall–Kier alpha value is -1.33. The molecule has 0 radical (unpaired) electrons. The van der Waals surface area contributed by atoms with Crippen molar-refractivity contribution in [2.24, 2.45) is 17.8 Å². The Morgan fingerprint density at radius 1 is 0.808 bits per heavy atom. The smallest absolute Gasteiger partial charge is 0.400 e. The number of ether oxygens (including phenoxy) is 1. The van der Waals surface area contributed by atoms with Crippen LogP contribution in [0.3, 0.4) is 0 Å². The molecule has 26 heavy (non-hydrogen) atoms. The van der Waals surface area contributed by atoms with Crippen LogP contribution in [-0.2, 0) is 0 Å². The average molecular weight is 376 g/mol. The van der Waals surface area contributed by atoms with Crippen LogP contribution in [0, 0.1) is 35.2 Å². The topological polar surface area (TPSA) is 9.23 Å². The van der Waals surface area contributed by atoms with E-state index in [1.54, 1.807) is 0 Å². The lowest BCUT2D eigenvalue weighted by Gasteiger charge is -2.35. The Kier molecular flexibility index (Phi) is 6.08. The van der Waals surface area contributed by atoms with E-state index in [1.807, 2.05) is 0 Å². The van der Waals surface area contributed by atoms with Crippen molar-refractivity contribution in [3.8, 4) is 5.75 Å². The molecule has 0 unspecified atom stereocenters. The maximum absolute atomic E-state index is 14.4. The first-order chi connectivity index (χ1) is 12.3. The molecule has 0 atom stereocenters. The van der Waals surface area contributed by atoms with E-state index in [0.717, 1.165) is 25.2 Å². The summed E-state index contributed by atoms with van der Waals surface area (Å²) in [5.74, 6) is -5.22. The Morgan fingerprint density at radius 3 is 1.92 bits per heavy atom. The summed E-state index contributed by atoms with van der Waals surface area (Å²) in [4.78, 5) is 0. The van der Waals surface area contributed by atoms with Gasteiger partial charge in [0.2, 0.25) is 0 Å². The van der Waals surface area contributed by atoms with Crippen LogP contribution >= 0.6 is 0 Å². The molecule has 1 aromatic rings. The Morgan fingerprint density at radius 2 is 1.35 bits per heavy atom. The predicted octanol–water partition coefficient (Wildman–Crippen LogP) is 6.85. The molecule has 2 aliphatic carbocycles. The van der Waals surface area contributed by atoms with E-state index < -0.39 is 35.2 Å². The second-order valence-electron chi connectivity index (χ2n) is 7.82. The van der Waals surface area contributed by atoms with Crippen LogP contribution in [0.1, 0.15) is 64.2 Å². The second-order valence-corrected chi connectivity index (χ2v) is 7.82. The number of hydrogen-bond acceptors (Lipinski definition) is 1. The van der Waals surface area contributed by atoms with Crippen molar-refractivity contribution in [2.45, 2.75) is 70.3 Å². The van der Waals surface area contributed by atoms with E-state index >= 15 is 0 Å². The zero-order valence-electron chi connectivity index (χ0n) is 14.8. The van der Waals surface area contributed by atoms with Crippen LogP contribution in [0.2, 0.25) is 0 Å². The van der Waals surface area contributed by atoms with Crippen LogP contribution in [0.5, 0.6) is 5.75 Å². The number of hydrogen-bond donors (Lipinski definition) is 0. The van der Waals surface area contributed by atoms with Crippen molar-refractivity contribution in [1.29, 1.82) is 0 Å². The maximum Gasteiger partial charge on any atom is 0.400 e. The zero-order valence-corrected chi connectivity index (χ0v) is 14.8. The van der Waals surface area contributed by atoms with Gasteiger partial charge >= 0.3 is 6.11 Å². The molecule has 0 aromatic heterocycles. The van der Waals surface area contributed by atoms with Gasteiger partial charge in [0.05, 0.1) is 5.92 Å². The van der Waals surface area contributed by atoms with Gasteiger partial charge in [-0.25, -0.2) is 13.2 Å². The normalized spacial score (nSPS) is 25.3. The third kappa shape index (κ3) is 4.68. The molecule has 0 aliphatic heterocycles. The fourth-order valence-electron chi connectivity index (χ4n) is 4.46. The Balaban J connectivity index is 1.54. The summed E-state index contributed by atoms with van der Waals surface area (Å²) < 4.78 is 72.7. The highest BCUT2D eigenvalue weighted by molar-refractivity contribution is 5.25. The van der Waals surface area contributed by atoms with E-state index in [-0.39, 0.29) is 0 Å². The summed E-state index contributed by atoms with van der Waals surface area (Å²) in [5.41, 5.74) is 0. The van der Waals surface area contributed by atoms with Gasteiger partial charge in [-0.3, -0.25) is 0 Å². The highest BCUT2D eigenvalue weighted by atomic mass is 19.3. The maximum atomic E-state index is 14.4. The SMILES string of the molecule is Fc1cc(OC(F)(F)C2CCC(CC3CCCCC3)CC2)cc(F)c1F. The molecule has 0 saturated heterocycles. The summed E-state index contributed by atoms with van der Waals surface area (Å²) in [6.45, 7) is 0. The van der Waals surface area contributed by atoms with Crippen LogP contribution in [0.4, 0.5) is 22.0 Å². The van der Waals surface area contributed by atoms with E-state index in [0.29, 0.717) is 30.9 Å². The molecule has 0 spiro atoms. The number of alkyl halides is 2. The van der Waals surface area contributed by atoms with Gasteiger partial charge in [-0.05, 0) is 43.9 Å². The lowest BCUT2D eigenvalue weighted by molar-refractivity contribution is -0.223. The molecule has 0 amide bonds. The summed E-state index contributed by atoms with van der Waals surface area (Å²) in [6, 6.07) is 0.919. The molecule has 1 nitrogen and oxygen atoms in total. The first-order valence-corrected chi connectivity index (χ1v) is 9.56. The monoisotopic (exact) mass is 376 g/mol. The number of rotatable bonds is 5. The molecule has 2 aliphatic rings. The largest absolute Gasteiger partial charge is 0.432 e. The summed E-state index contributed by atoms with van der Waals surface area (Å²) >= 11 is 0. The minimum absolute atomic E-state index is 0.330. The molecule has 2 fully saturated rings. The molecule has 0 N–H and O–H groups in total. The number of halogens is 5. The predicted molar refractivity (Wildman–Crippen MR) is 88.5 cm³/mol. The summed E-state index contributed by atoms with van der Waals surface area (Å²) in [7, 11) is 0. The molecule has 146 valence electrons. The summed E-state index contributed by atoms with van der Waals surface area (Å²) in [6.07, 6.45) is 6.07. The van der Waals surface area contributed by atoms with Crippen LogP contribution in [0.15, 0.2) is 12.1 Å². The van der Waals surface area contributed by atoms with E-state index in [9.17, 15) is 22.0 Å². The van der Waals surface area contributed by atoms with Crippen LogP contribution < -0.4 is 4.74 Å². The molecule has 3 rings (SSSR count). The van der Waals surface area contributed by atoms with Gasteiger partial charge < -0.3 is 4.74 Å². The molecular weight excluding hydrogens is 351 g/mol. The van der Waals surface area contributed by atoms with Gasteiger partial charge in [-0.2, -0.15) is 8.78 Å². The Labute approximate surface area is 150 Å². The third-order valence-electron chi connectivity index (χ3n) is 5.92. The second kappa shape index (κ2) is 8.13. The standard InChI is InChI=1S/C20H25F5O/c21-17-11-16(12-18(22)19(17)23)26-20(24,25)15-8-6-14(7-9-15)10-13-4-2-1-3-5-13/h11-15H,1-10H2. The first kappa shape index (κ1) is 19.4. The van der Waals surface area contributed by atoms with Gasteiger partial charge in [0.25, 0.3) is 0 Å². The molecule has 0 heterocycles. The molecule has 1 aromatic carbocycles. The van der Waals surface area contributed by atoms with Crippen molar-refractivity contribution in [1.82, 2.24) is 0 Å². The fraction of sp³-hybridized carbons (Fsp3) is 0.700. The van der Waals surface area contributed by atoms with Gasteiger partial charge in [-0.15, -0.1) is 0 Å². The lowest BCUT2D eigenvalue weighted by atomic mass is 9.74. The van der Waals surface area contributed by atoms with E-state index in [4.69, 9.17) is 0 Å². The quantitative estimate of drug-likeness (QED) is 0.403. The molecule has 6 heteroatoms. The highest BCUT2D eigenvalue weighted by Crippen LogP contribution is 2.43. The van der Waals surface area contributed by atoms with Crippen LogP contribution in [-0.4, -0.2) is 6.11 Å². The molecular formula is C20H25F5O. The van der Waals surface area contributed by atoms with Gasteiger partial charge in [0.15, 0.2) is 17.5 Å². The van der Waals surface area contributed by atoms with Crippen molar-refractivity contribution >= 4 is 0 Å². The number of benzene rings is 1. The van der Waals surface area contributed by atoms with Gasteiger partial charge in [-0.1, -0.05) is 32.1 Å². The Bertz CT molecular complexity index is 581. The van der Waals surface area contributed by atoms with Crippen molar-refractivity contribution in [3.63, 3.8) is 0 Å². The zero-order chi connectivity index (χ0) is 18.7. The lowest BCUT2D eigenvalue weighted by Crippen LogP contribution is -2.37. The first-order valence-electron chi connectivity index (χ1n) is 9.56. The third-order valence-corrected chi connectivity index (χ3v) is 5.92.